The Labute approximate surface area is 106 Å². The Kier molecular flexibility index (Phi) is 4.15. The monoisotopic (exact) mass is 250 g/mol. The van der Waals surface area contributed by atoms with Crippen molar-refractivity contribution in [1.29, 1.82) is 0 Å². The van der Waals surface area contributed by atoms with Gasteiger partial charge < -0.3 is 14.7 Å². The van der Waals surface area contributed by atoms with Crippen molar-refractivity contribution in [2.24, 2.45) is 0 Å². The molecule has 0 saturated carbocycles. The van der Waals surface area contributed by atoms with Gasteiger partial charge in [-0.2, -0.15) is 0 Å². The number of carbonyl (C=O) groups is 1. The molecule has 1 N–H and O–H groups in total. The summed E-state index contributed by atoms with van der Waals surface area (Å²) in [4.78, 5) is 16.9. The molecule has 1 aliphatic rings. The molecule has 2 heterocycles. The molecule has 1 aromatic heterocycles. The van der Waals surface area contributed by atoms with E-state index in [0.29, 0.717) is 5.82 Å². The first-order valence-corrected chi connectivity index (χ1v) is 6.20. The summed E-state index contributed by atoms with van der Waals surface area (Å²) < 4.78 is 5.66. The minimum atomic E-state index is -1.00. The van der Waals surface area contributed by atoms with E-state index >= 15 is 0 Å². The first-order chi connectivity index (χ1) is 8.66. The zero-order chi connectivity index (χ0) is 13.0. The van der Waals surface area contributed by atoms with Gasteiger partial charge in [0.1, 0.15) is 5.82 Å². The molecule has 0 aliphatic carbocycles. The van der Waals surface area contributed by atoms with Crippen molar-refractivity contribution in [1.82, 2.24) is 4.98 Å². The lowest BCUT2D eigenvalue weighted by Gasteiger charge is -2.28. The van der Waals surface area contributed by atoms with Gasteiger partial charge in [-0.15, -0.1) is 0 Å². The molecule has 0 amide bonds. The minimum Gasteiger partial charge on any atom is -0.477 e. The Morgan fingerprint density at radius 1 is 1.56 bits per heavy atom. The van der Waals surface area contributed by atoms with Gasteiger partial charge in [0.25, 0.3) is 0 Å². The summed E-state index contributed by atoms with van der Waals surface area (Å²) in [7, 11) is 1.91. The largest absolute Gasteiger partial charge is 0.477 e. The quantitative estimate of drug-likeness (QED) is 0.882. The van der Waals surface area contributed by atoms with E-state index in [0.717, 1.165) is 26.0 Å². The van der Waals surface area contributed by atoms with Gasteiger partial charge in [0.05, 0.1) is 6.10 Å². The molecular weight excluding hydrogens is 232 g/mol. The molecule has 1 fully saturated rings. The van der Waals surface area contributed by atoms with Gasteiger partial charge in [0.15, 0.2) is 5.69 Å². The van der Waals surface area contributed by atoms with E-state index in [4.69, 9.17) is 9.84 Å². The second-order valence-corrected chi connectivity index (χ2v) is 4.56. The van der Waals surface area contributed by atoms with Crippen LogP contribution in [-0.4, -0.2) is 42.4 Å². The Morgan fingerprint density at radius 3 is 3.06 bits per heavy atom. The van der Waals surface area contributed by atoms with Crippen LogP contribution in [0.25, 0.3) is 0 Å². The van der Waals surface area contributed by atoms with Gasteiger partial charge in [-0.25, -0.2) is 9.78 Å². The molecule has 1 aromatic rings. The number of rotatable bonds is 4. The molecule has 98 valence electrons. The molecule has 1 saturated heterocycles. The summed E-state index contributed by atoms with van der Waals surface area (Å²) in [5.41, 5.74) is 0.0731. The molecule has 5 heteroatoms. The Bertz CT molecular complexity index is 416. The molecular formula is C13H18N2O3. The van der Waals surface area contributed by atoms with Crippen molar-refractivity contribution in [2.45, 2.75) is 25.4 Å². The summed E-state index contributed by atoms with van der Waals surface area (Å²) >= 11 is 0. The lowest BCUT2D eigenvalue weighted by molar-refractivity contribution is 0.0215. The molecule has 1 unspecified atom stereocenters. The van der Waals surface area contributed by atoms with Gasteiger partial charge in [0.2, 0.25) is 0 Å². The minimum absolute atomic E-state index is 0.0731. The fraction of sp³-hybridized carbons (Fsp3) is 0.538. The average molecular weight is 250 g/mol. The second-order valence-electron chi connectivity index (χ2n) is 4.56. The highest BCUT2D eigenvalue weighted by Crippen LogP contribution is 2.16. The van der Waals surface area contributed by atoms with Gasteiger partial charge in [0, 0.05) is 20.2 Å². The van der Waals surface area contributed by atoms with E-state index < -0.39 is 5.97 Å². The second kappa shape index (κ2) is 5.82. The van der Waals surface area contributed by atoms with Crippen LogP contribution in [0.3, 0.4) is 0 Å². The van der Waals surface area contributed by atoms with E-state index in [1.165, 1.54) is 12.5 Å². The third-order valence-corrected chi connectivity index (χ3v) is 3.10. The maximum absolute atomic E-state index is 10.9. The predicted octanol–water partition coefficient (Wildman–Crippen LogP) is 1.79. The summed E-state index contributed by atoms with van der Waals surface area (Å²) in [6, 6.07) is 5.02. The van der Waals surface area contributed by atoms with E-state index in [2.05, 4.69) is 4.98 Å². The van der Waals surface area contributed by atoms with Crippen LogP contribution in [0.1, 0.15) is 29.8 Å². The highest BCUT2D eigenvalue weighted by Gasteiger charge is 2.17. The van der Waals surface area contributed by atoms with E-state index in [-0.39, 0.29) is 11.8 Å². The molecule has 0 spiro atoms. The number of ether oxygens (including phenoxy) is 1. The van der Waals surface area contributed by atoms with E-state index in [9.17, 15) is 4.79 Å². The Morgan fingerprint density at radius 2 is 2.39 bits per heavy atom. The van der Waals surface area contributed by atoms with Crippen LogP contribution in [0.15, 0.2) is 18.2 Å². The van der Waals surface area contributed by atoms with Crippen molar-refractivity contribution in [2.75, 3.05) is 25.1 Å². The van der Waals surface area contributed by atoms with Gasteiger partial charge in [-0.1, -0.05) is 6.07 Å². The number of carboxylic acids is 1. The molecule has 0 aromatic carbocycles. The first kappa shape index (κ1) is 12.8. The fourth-order valence-corrected chi connectivity index (χ4v) is 2.11. The van der Waals surface area contributed by atoms with Gasteiger partial charge in [-0.3, -0.25) is 0 Å². The number of carboxylic acid groups (broad SMARTS) is 1. The molecule has 5 nitrogen and oxygen atoms in total. The third kappa shape index (κ3) is 3.20. The summed E-state index contributed by atoms with van der Waals surface area (Å²) in [5, 5.41) is 8.91. The maximum atomic E-state index is 10.9. The van der Waals surface area contributed by atoms with Crippen LogP contribution in [0, 0.1) is 0 Å². The lowest BCUT2D eigenvalue weighted by Crippen LogP contribution is -2.33. The zero-order valence-electron chi connectivity index (χ0n) is 10.5. The lowest BCUT2D eigenvalue weighted by atomic mass is 10.1. The third-order valence-electron chi connectivity index (χ3n) is 3.10. The van der Waals surface area contributed by atoms with Gasteiger partial charge in [-0.05, 0) is 31.4 Å². The smallest absolute Gasteiger partial charge is 0.354 e. The number of likely N-dealkylation sites (N-methyl/N-ethyl adjacent to an activating group) is 1. The number of nitrogens with zero attached hydrogens (tertiary/aromatic N) is 2. The molecule has 1 aliphatic heterocycles. The first-order valence-electron chi connectivity index (χ1n) is 6.20. The Hall–Kier alpha value is -1.62. The maximum Gasteiger partial charge on any atom is 0.354 e. The normalized spacial score (nSPS) is 19.5. The molecule has 1 atom stereocenters. The van der Waals surface area contributed by atoms with Crippen LogP contribution in [0.4, 0.5) is 5.82 Å². The number of anilines is 1. The van der Waals surface area contributed by atoms with E-state index in [1.54, 1.807) is 6.07 Å². The molecule has 0 bridgehead atoms. The number of pyridine rings is 1. The standard InChI is InChI=1S/C13H18N2O3/c1-15(9-10-5-2-3-8-18-10)12-7-4-6-11(14-12)13(16)17/h4,6-7,10H,2-3,5,8-9H2,1H3,(H,16,17). The molecule has 18 heavy (non-hydrogen) atoms. The van der Waals surface area contributed by atoms with Crippen LogP contribution in [0.5, 0.6) is 0 Å². The van der Waals surface area contributed by atoms with Gasteiger partial charge >= 0.3 is 5.97 Å². The number of hydrogen-bond donors (Lipinski definition) is 1. The van der Waals surface area contributed by atoms with Crippen LogP contribution >= 0.6 is 0 Å². The predicted molar refractivity (Wildman–Crippen MR) is 68.1 cm³/mol. The average Bonchev–Trinajstić information content (AvgIpc) is 2.40. The topological polar surface area (TPSA) is 62.7 Å². The van der Waals surface area contributed by atoms with Crippen LogP contribution in [-0.2, 0) is 4.74 Å². The van der Waals surface area contributed by atoms with Crippen molar-refractivity contribution < 1.29 is 14.6 Å². The van der Waals surface area contributed by atoms with Crippen LogP contribution in [0.2, 0.25) is 0 Å². The van der Waals surface area contributed by atoms with Crippen molar-refractivity contribution in [3.8, 4) is 0 Å². The number of hydrogen-bond acceptors (Lipinski definition) is 4. The fourth-order valence-electron chi connectivity index (χ4n) is 2.11. The highest BCUT2D eigenvalue weighted by atomic mass is 16.5. The molecule has 2 rings (SSSR count). The van der Waals surface area contributed by atoms with E-state index in [1.807, 2.05) is 18.0 Å². The Balaban J connectivity index is 2.01. The summed E-state index contributed by atoms with van der Waals surface area (Å²) in [6.45, 7) is 1.57. The SMILES string of the molecule is CN(CC1CCCCO1)c1cccc(C(=O)O)n1. The van der Waals surface area contributed by atoms with Crippen molar-refractivity contribution in [3.05, 3.63) is 23.9 Å². The zero-order valence-corrected chi connectivity index (χ0v) is 10.5. The summed E-state index contributed by atoms with van der Waals surface area (Å²) in [5.74, 6) is -0.330. The number of aromatic nitrogens is 1. The summed E-state index contributed by atoms with van der Waals surface area (Å²) in [6.07, 6.45) is 3.61. The van der Waals surface area contributed by atoms with Crippen molar-refractivity contribution in [3.63, 3.8) is 0 Å². The molecule has 0 radical (unpaired) electrons. The highest BCUT2D eigenvalue weighted by molar-refractivity contribution is 5.85. The number of aromatic carboxylic acids is 1. The van der Waals surface area contributed by atoms with Crippen molar-refractivity contribution >= 4 is 11.8 Å². The van der Waals surface area contributed by atoms with Crippen LogP contribution < -0.4 is 4.90 Å².